The molecule has 1 saturated heterocycles. The molecule has 2 aromatic carbocycles. The lowest BCUT2D eigenvalue weighted by Gasteiger charge is -2.36. The van der Waals surface area contributed by atoms with Crippen LogP contribution in [0.4, 0.5) is 9.18 Å². The number of amides is 3. The molecule has 2 fully saturated rings. The van der Waals surface area contributed by atoms with Crippen molar-refractivity contribution in [2.24, 2.45) is 0 Å². The molecule has 1 heterocycles. The van der Waals surface area contributed by atoms with Crippen LogP contribution < -0.4 is 15.5 Å². The molecule has 3 N–H and O–H groups in total. The maximum atomic E-state index is 13.0. The van der Waals surface area contributed by atoms with Crippen LogP contribution in [-0.2, 0) is 11.3 Å². The molecule has 7 nitrogen and oxygen atoms in total. The smallest absolute Gasteiger partial charge is 0.318 e. The second kappa shape index (κ2) is 7.71. The minimum Gasteiger partial charge on any atom is -0.457 e. The van der Waals surface area contributed by atoms with Crippen molar-refractivity contribution >= 4 is 11.9 Å². The van der Waals surface area contributed by atoms with Crippen LogP contribution in [0.5, 0.6) is 11.5 Å². The van der Waals surface area contributed by atoms with Gasteiger partial charge in [0.2, 0.25) is 0 Å². The fourth-order valence-electron chi connectivity index (χ4n) is 4.33. The van der Waals surface area contributed by atoms with E-state index in [-0.39, 0.29) is 11.8 Å². The molecule has 2 aromatic rings. The Balaban J connectivity index is 1.50. The first-order valence-corrected chi connectivity index (χ1v) is 9.56. The molecule has 1 aliphatic heterocycles. The van der Waals surface area contributed by atoms with Crippen LogP contribution in [0.2, 0.25) is 0 Å². The maximum Gasteiger partial charge on any atom is 0.318 e. The summed E-state index contributed by atoms with van der Waals surface area (Å²) in [5, 5.41) is 11.8. The average molecular weight is 399 g/mol. The Bertz CT molecular complexity index is 895. The Morgan fingerprint density at radius 2 is 1.72 bits per heavy atom. The third kappa shape index (κ3) is 3.63. The molecule has 1 spiro atoms. The summed E-state index contributed by atoms with van der Waals surface area (Å²) in [5.41, 5.74) is 1.94. The highest BCUT2D eigenvalue weighted by atomic mass is 19.1. The van der Waals surface area contributed by atoms with Crippen molar-refractivity contribution in [2.75, 3.05) is 0 Å². The number of ether oxygens (including phenoxy) is 1. The Morgan fingerprint density at radius 3 is 2.31 bits per heavy atom. The molecule has 1 aliphatic carbocycles. The van der Waals surface area contributed by atoms with Gasteiger partial charge in [-0.1, -0.05) is 25.0 Å². The molecule has 0 aromatic heterocycles. The normalized spacial score (nSPS) is 20.0. The van der Waals surface area contributed by atoms with Gasteiger partial charge in [0.25, 0.3) is 5.91 Å². The Hall–Kier alpha value is -3.13. The van der Waals surface area contributed by atoms with Crippen molar-refractivity contribution < 1.29 is 23.9 Å². The number of carbonyl (C=O) groups is 2. The molecule has 152 valence electrons. The number of rotatable bonds is 5. The number of hydroxylamine groups is 1. The van der Waals surface area contributed by atoms with Gasteiger partial charge in [0.15, 0.2) is 0 Å². The van der Waals surface area contributed by atoms with Gasteiger partial charge in [0.05, 0.1) is 5.54 Å². The predicted molar refractivity (Wildman–Crippen MR) is 102 cm³/mol. The van der Waals surface area contributed by atoms with Gasteiger partial charge in [-0.25, -0.2) is 14.7 Å². The molecule has 2 aliphatic rings. The van der Waals surface area contributed by atoms with E-state index in [1.165, 1.54) is 12.1 Å². The summed E-state index contributed by atoms with van der Waals surface area (Å²) < 4.78 is 18.7. The van der Waals surface area contributed by atoms with Gasteiger partial charge in [-0.05, 0) is 54.8 Å². The van der Waals surface area contributed by atoms with Crippen molar-refractivity contribution in [2.45, 2.75) is 43.8 Å². The lowest BCUT2D eigenvalue weighted by molar-refractivity contribution is -0.133. The summed E-state index contributed by atoms with van der Waals surface area (Å²) in [4.78, 5) is 26.4. The van der Waals surface area contributed by atoms with Crippen LogP contribution in [0, 0.1) is 5.82 Å². The third-order valence-corrected chi connectivity index (χ3v) is 5.74. The highest BCUT2D eigenvalue weighted by Crippen LogP contribution is 2.42. The van der Waals surface area contributed by atoms with E-state index in [9.17, 15) is 14.0 Å². The summed E-state index contributed by atoms with van der Waals surface area (Å²) in [6.07, 6.45) is 3.25. The van der Waals surface area contributed by atoms with Crippen LogP contribution in [0.15, 0.2) is 48.5 Å². The summed E-state index contributed by atoms with van der Waals surface area (Å²) in [6, 6.07) is 11.9. The zero-order valence-electron chi connectivity index (χ0n) is 15.7. The summed E-state index contributed by atoms with van der Waals surface area (Å²) >= 11 is 0. The van der Waals surface area contributed by atoms with E-state index in [0.717, 1.165) is 18.4 Å². The molecule has 1 unspecified atom stereocenters. The monoisotopic (exact) mass is 399 g/mol. The molecule has 1 atom stereocenters. The third-order valence-electron chi connectivity index (χ3n) is 5.74. The van der Waals surface area contributed by atoms with Crippen molar-refractivity contribution in [1.29, 1.82) is 0 Å². The molecule has 3 amide bonds. The number of urea groups is 1. The van der Waals surface area contributed by atoms with Crippen molar-refractivity contribution in [3.63, 3.8) is 0 Å². The van der Waals surface area contributed by atoms with E-state index in [2.05, 4.69) is 5.32 Å². The highest BCUT2D eigenvalue weighted by Gasteiger charge is 2.56. The number of carbonyl (C=O) groups excluding carboxylic acids is 2. The van der Waals surface area contributed by atoms with Crippen LogP contribution >= 0.6 is 0 Å². The van der Waals surface area contributed by atoms with Gasteiger partial charge in [-0.15, -0.1) is 0 Å². The number of nitrogens with zero attached hydrogens (tertiary/aromatic N) is 1. The molecule has 29 heavy (non-hydrogen) atoms. The van der Waals surface area contributed by atoms with E-state index in [0.29, 0.717) is 30.9 Å². The van der Waals surface area contributed by atoms with Gasteiger partial charge in [-0.3, -0.25) is 10.0 Å². The standard InChI is InChI=1S/C21H22FN3O4/c22-15-5-9-17(10-6-15)29-16-7-3-14(4-8-16)13-25-20(27)23-18(19(26)24-28)21(25)11-1-2-12-21/h3-10,18,28H,1-2,11-13H2,(H,23,27)(H,24,26). The number of benzene rings is 2. The van der Waals surface area contributed by atoms with Gasteiger partial charge in [0.1, 0.15) is 23.4 Å². The number of halogens is 1. The van der Waals surface area contributed by atoms with Gasteiger partial charge < -0.3 is 15.0 Å². The van der Waals surface area contributed by atoms with E-state index >= 15 is 0 Å². The fourth-order valence-corrected chi connectivity index (χ4v) is 4.33. The molecule has 4 rings (SSSR count). The predicted octanol–water partition coefficient (Wildman–Crippen LogP) is 3.33. The van der Waals surface area contributed by atoms with E-state index in [1.54, 1.807) is 34.6 Å². The minimum absolute atomic E-state index is 0.313. The highest BCUT2D eigenvalue weighted by molar-refractivity contribution is 5.92. The van der Waals surface area contributed by atoms with E-state index in [4.69, 9.17) is 9.94 Å². The maximum absolute atomic E-state index is 13.0. The zero-order chi connectivity index (χ0) is 20.4. The van der Waals surface area contributed by atoms with E-state index < -0.39 is 17.5 Å². The first kappa shape index (κ1) is 19.2. The van der Waals surface area contributed by atoms with Crippen LogP contribution in [0.25, 0.3) is 0 Å². The molecule has 0 radical (unpaired) electrons. The Morgan fingerprint density at radius 1 is 1.14 bits per heavy atom. The summed E-state index contributed by atoms with van der Waals surface area (Å²) in [5.74, 6) is 0.205. The molecule has 8 heteroatoms. The lowest BCUT2D eigenvalue weighted by Crippen LogP contribution is -2.55. The molecule has 1 saturated carbocycles. The molecule has 0 bridgehead atoms. The van der Waals surface area contributed by atoms with Crippen LogP contribution in [-0.4, -0.2) is 33.6 Å². The molecular weight excluding hydrogens is 377 g/mol. The zero-order valence-corrected chi connectivity index (χ0v) is 15.7. The second-order valence-corrected chi connectivity index (χ2v) is 7.46. The van der Waals surface area contributed by atoms with Gasteiger partial charge in [0, 0.05) is 6.54 Å². The summed E-state index contributed by atoms with van der Waals surface area (Å²) in [7, 11) is 0. The fraction of sp³-hybridized carbons (Fsp3) is 0.333. The average Bonchev–Trinajstić information content (AvgIpc) is 3.32. The summed E-state index contributed by atoms with van der Waals surface area (Å²) in [6.45, 7) is 0.345. The van der Waals surface area contributed by atoms with Gasteiger partial charge in [-0.2, -0.15) is 0 Å². The lowest BCUT2D eigenvalue weighted by atomic mass is 9.87. The first-order valence-electron chi connectivity index (χ1n) is 9.56. The Kier molecular flexibility index (Phi) is 5.10. The second-order valence-electron chi connectivity index (χ2n) is 7.46. The SMILES string of the molecule is O=C(NO)C1NC(=O)N(Cc2ccc(Oc3ccc(F)cc3)cc2)C12CCCC2. The largest absolute Gasteiger partial charge is 0.457 e. The van der Waals surface area contributed by atoms with Crippen LogP contribution in [0.3, 0.4) is 0 Å². The number of nitrogens with one attached hydrogen (secondary N) is 2. The quantitative estimate of drug-likeness (QED) is 0.531. The number of hydrogen-bond donors (Lipinski definition) is 3. The number of hydrogen-bond acceptors (Lipinski definition) is 4. The van der Waals surface area contributed by atoms with Crippen molar-refractivity contribution in [3.05, 3.63) is 59.9 Å². The topological polar surface area (TPSA) is 90.9 Å². The van der Waals surface area contributed by atoms with Gasteiger partial charge >= 0.3 is 6.03 Å². The van der Waals surface area contributed by atoms with E-state index in [1.807, 2.05) is 12.1 Å². The molecular formula is C21H22FN3O4. The van der Waals surface area contributed by atoms with Crippen molar-refractivity contribution in [1.82, 2.24) is 15.7 Å². The Labute approximate surface area is 167 Å². The first-order chi connectivity index (χ1) is 14.0. The van der Waals surface area contributed by atoms with Crippen LogP contribution in [0.1, 0.15) is 31.2 Å². The minimum atomic E-state index is -0.774. The van der Waals surface area contributed by atoms with Crippen molar-refractivity contribution in [3.8, 4) is 11.5 Å².